The van der Waals surface area contributed by atoms with E-state index in [1.807, 2.05) is 31.3 Å². The first-order valence-corrected chi connectivity index (χ1v) is 11.0. The van der Waals surface area contributed by atoms with Crippen LogP contribution in [0.1, 0.15) is 37.4 Å². The molecule has 0 unspecified atom stereocenters. The monoisotopic (exact) mass is 395 g/mol. The zero-order valence-electron chi connectivity index (χ0n) is 16.5. The third-order valence-electron chi connectivity index (χ3n) is 5.29. The first-order chi connectivity index (χ1) is 13.4. The highest BCUT2D eigenvalue weighted by molar-refractivity contribution is 7.89. The van der Waals surface area contributed by atoms with Crippen LogP contribution in [-0.4, -0.2) is 35.4 Å². The topological polar surface area (TPSA) is 55.2 Å². The van der Waals surface area contributed by atoms with Crippen LogP contribution >= 0.6 is 0 Å². The van der Waals surface area contributed by atoms with E-state index in [2.05, 4.69) is 35.7 Å². The van der Waals surface area contributed by atoms with Gasteiger partial charge in [-0.3, -0.25) is 0 Å². The molecule has 1 aliphatic heterocycles. The molecule has 0 aliphatic carbocycles. The van der Waals surface area contributed by atoms with Crippen LogP contribution in [0.25, 0.3) is 16.6 Å². The Morgan fingerprint density at radius 1 is 1.14 bits per heavy atom. The molecule has 1 aromatic carbocycles. The standard InChI is InChI=1S/C22H25N3O2S/c1-16(2)25-15-21(20-8-5-11-23-22(20)25)18-9-12-24(13-10-18)28(26,27)19-7-4-6-17(3)14-19/h4-9,11,14-16H,10,12-13H2,1-3H3. The Labute approximate surface area is 166 Å². The lowest BCUT2D eigenvalue weighted by Gasteiger charge is -2.26. The van der Waals surface area contributed by atoms with E-state index < -0.39 is 10.0 Å². The van der Waals surface area contributed by atoms with Crippen LogP contribution in [0.3, 0.4) is 0 Å². The van der Waals surface area contributed by atoms with Gasteiger partial charge in [-0.25, -0.2) is 13.4 Å². The van der Waals surface area contributed by atoms with Gasteiger partial charge in [0.05, 0.1) is 4.90 Å². The quantitative estimate of drug-likeness (QED) is 0.658. The maximum atomic E-state index is 13.0. The molecule has 4 rings (SSSR count). The number of aryl methyl sites for hydroxylation is 1. The molecule has 0 atom stereocenters. The van der Waals surface area contributed by atoms with Crippen molar-refractivity contribution in [3.8, 4) is 0 Å². The molecule has 0 spiro atoms. The van der Waals surface area contributed by atoms with Crippen LogP contribution in [0.4, 0.5) is 0 Å². The van der Waals surface area contributed by atoms with Crippen molar-refractivity contribution < 1.29 is 8.42 Å². The lowest BCUT2D eigenvalue weighted by Crippen LogP contribution is -2.34. The summed E-state index contributed by atoms with van der Waals surface area (Å²) in [6, 6.07) is 11.5. The second-order valence-corrected chi connectivity index (χ2v) is 9.52. The predicted molar refractivity (Wildman–Crippen MR) is 113 cm³/mol. The minimum atomic E-state index is -3.47. The van der Waals surface area contributed by atoms with E-state index in [-0.39, 0.29) is 0 Å². The van der Waals surface area contributed by atoms with Crippen molar-refractivity contribution in [3.05, 3.63) is 66.0 Å². The van der Waals surface area contributed by atoms with Gasteiger partial charge in [-0.05, 0) is 62.6 Å². The molecule has 28 heavy (non-hydrogen) atoms. The van der Waals surface area contributed by atoms with Crippen LogP contribution in [0.5, 0.6) is 0 Å². The molecule has 6 heteroatoms. The second kappa shape index (κ2) is 7.18. The van der Waals surface area contributed by atoms with Crippen molar-refractivity contribution in [1.82, 2.24) is 13.9 Å². The Kier molecular flexibility index (Phi) is 4.85. The van der Waals surface area contributed by atoms with Crippen molar-refractivity contribution in [1.29, 1.82) is 0 Å². The summed E-state index contributed by atoms with van der Waals surface area (Å²) < 4.78 is 29.7. The molecular weight excluding hydrogens is 370 g/mol. The van der Waals surface area contributed by atoms with Gasteiger partial charge in [0.25, 0.3) is 0 Å². The maximum absolute atomic E-state index is 13.0. The van der Waals surface area contributed by atoms with Gasteiger partial charge in [-0.2, -0.15) is 4.31 Å². The first-order valence-electron chi connectivity index (χ1n) is 9.59. The molecule has 3 aromatic rings. The number of pyridine rings is 1. The number of nitrogens with zero attached hydrogens (tertiary/aromatic N) is 3. The van der Waals surface area contributed by atoms with Crippen molar-refractivity contribution in [3.63, 3.8) is 0 Å². The minimum Gasteiger partial charge on any atom is -0.329 e. The van der Waals surface area contributed by atoms with Gasteiger partial charge < -0.3 is 4.57 Å². The molecular formula is C22H25N3O2S. The fourth-order valence-corrected chi connectivity index (χ4v) is 5.26. The Bertz CT molecular complexity index is 1160. The highest BCUT2D eigenvalue weighted by Gasteiger charge is 2.27. The SMILES string of the molecule is Cc1cccc(S(=O)(=O)N2CC=C(c3cn(C(C)C)c4ncccc34)CC2)c1. The van der Waals surface area contributed by atoms with E-state index in [0.29, 0.717) is 30.4 Å². The smallest absolute Gasteiger partial charge is 0.243 e. The molecule has 5 nitrogen and oxygen atoms in total. The van der Waals surface area contributed by atoms with Crippen LogP contribution in [0.15, 0.2) is 59.8 Å². The third-order valence-corrected chi connectivity index (χ3v) is 7.15. The lowest BCUT2D eigenvalue weighted by atomic mass is 10.0. The number of fused-ring (bicyclic) bond motifs is 1. The fraction of sp³-hybridized carbons (Fsp3) is 0.318. The number of hydrogen-bond acceptors (Lipinski definition) is 3. The Balaban J connectivity index is 1.66. The number of sulfonamides is 1. The van der Waals surface area contributed by atoms with Gasteiger partial charge in [0, 0.05) is 42.5 Å². The van der Waals surface area contributed by atoms with E-state index in [1.54, 1.807) is 22.5 Å². The molecule has 0 radical (unpaired) electrons. The molecule has 146 valence electrons. The lowest BCUT2D eigenvalue weighted by molar-refractivity contribution is 0.441. The summed E-state index contributed by atoms with van der Waals surface area (Å²) in [4.78, 5) is 4.92. The highest BCUT2D eigenvalue weighted by Crippen LogP contribution is 2.32. The maximum Gasteiger partial charge on any atom is 0.243 e. The summed E-state index contributed by atoms with van der Waals surface area (Å²) >= 11 is 0. The average molecular weight is 396 g/mol. The molecule has 0 bridgehead atoms. The third kappa shape index (κ3) is 3.27. The van der Waals surface area contributed by atoms with Crippen LogP contribution in [0, 0.1) is 6.92 Å². The summed E-state index contributed by atoms with van der Waals surface area (Å²) in [5, 5.41) is 1.12. The Hall–Kier alpha value is -2.44. The highest BCUT2D eigenvalue weighted by atomic mass is 32.2. The zero-order chi connectivity index (χ0) is 19.9. The molecule has 0 saturated heterocycles. The summed E-state index contributed by atoms with van der Waals surface area (Å²) in [7, 11) is -3.47. The average Bonchev–Trinajstić information content (AvgIpc) is 3.08. The van der Waals surface area contributed by atoms with E-state index in [1.165, 1.54) is 5.57 Å². The zero-order valence-corrected chi connectivity index (χ0v) is 17.3. The molecule has 0 amide bonds. The summed E-state index contributed by atoms with van der Waals surface area (Å²) in [5.74, 6) is 0. The number of rotatable bonds is 4. The van der Waals surface area contributed by atoms with E-state index >= 15 is 0 Å². The van der Waals surface area contributed by atoms with Crippen LogP contribution < -0.4 is 0 Å². The predicted octanol–water partition coefficient (Wildman–Crippen LogP) is 4.40. The summed E-state index contributed by atoms with van der Waals surface area (Å²) in [5.41, 5.74) is 4.27. The van der Waals surface area contributed by atoms with Gasteiger partial charge in [0.15, 0.2) is 0 Å². The van der Waals surface area contributed by atoms with Gasteiger partial charge in [-0.1, -0.05) is 18.2 Å². The molecule has 0 N–H and O–H groups in total. The normalized spacial score (nSPS) is 15.9. The molecule has 1 aliphatic rings. The molecule has 2 aromatic heterocycles. The largest absolute Gasteiger partial charge is 0.329 e. The number of hydrogen-bond donors (Lipinski definition) is 0. The van der Waals surface area contributed by atoms with Crippen molar-refractivity contribution >= 4 is 26.6 Å². The number of benzene rings is 1. The van der Waals surface area contributed by atoms with E-state index in [0.717, 1.165) is 22.2 Å². The van der Waals surface area contributed by atoms with Crippen LogP contribution in [-0.2, 0) is 10.0 Å². The minimum absolute atomic E-state index is 0.313. The summed E-state index contributed by atoms with van der Waals surface area (Å²) in [6.07, 6.45) is 6.70. The molecule has 0 fully saturated rings. The van der Waals surface area contributed by atoms with Gasteiger partial charge in [0.1, 0.15) is 5.65 Å². The van der Waals surface area contributed by atoms with E-state index in [4.69, 9.17) is 0 Å². The Morgan fingerprint density at radius 3 is 2.64 bits per heavy atom. The molecule has 0 saturated carbocycles. The van der Waals surface area contributed by atoms with Gasteiger partial charge >= 0.3 is 0 Å². The van der Waals surface area contributed by atoms with Crippen molar-refractivity contribution in [2.45, 2.75) is 38.1 Å². The van der Waals surface area contributed by atoms with Crippen LogP contribution in [0.2, 0.25) is 0 Å². The summed E-state index contributed by atoms with van der Waals surface area (Å²) in [6.45, 7) is 7.06. The van der Waals surface area contributed by atoms with E-state index in [9.17, 15) is 8.42 Å². The van der Waals surface area contributed by atoms with Gasteiger partial charge in [-0.15, -0.1) is 0 Å². The Morgan fingerprint density at radius 2 is 1.96 bits per heavy atom. The number of aromatic nitrogens is 2. The first kappa shape index (κ1) is 18.9. The van der Waals surface area contributed by atoms with Crippen molar-refractivity contribution in [2.24, 2.45) is 0 Å². The van der Waals surface area contributed by atoms with Crippen molar-refractivity contribution in [2.75, 3.05) is 13.1 Å². The molecule has 3 heterocycles. The van der Waals surface area contributed by atoms with Gasteiger partial charge in [0.2, 0.25) is 10.0 Å². The second-order valence-electron chi connectivity index (χ2n) is 7.58. The fourth-order valence-electron chi connectivity index (χ4n) is 3.77.